The van der Waals surface area contributed by atoms with Crippen molar-refractivity contribution in [3.05, 3.63) is 77.4 Å². The quantitative estimate of drug-likeness (QED) is 0.487. The molecule has 0 unspecified atom stereocenters. The van der Waals surface area contributed by atoms with Crippen molar-refractivity contribution < 1.29 is 14.3 Å². The van der Waals surface area contributed by atoms with Crippen molar-refractivity contribution in [3.8, 4) is 27.6 Å². The predicted molar refractivity (Wildman–Crippen MR) is 107 cm³/mol. The number of aromatic nitrogens is 3. The van der Waals surface area contributed by atoms with Gasteiger partial charge < -0.3 is 9.47 Å². The van der Waals surface area contributed by atoms with Gasteiger partial charge in [-0.1, -0.05) is 42.5 Å². The summed E-state index contributed by atoms with van der Waals surface area (Å²) in [5, 5.41) is 9.54. The zero-order valence-corrected chi connectivity index (χ0v) is 15.9. The Kier molecular flexibility index (Phi) is 5.16. The molecule has 2 aromatic carbocycles. The largest absolute Gasteiger partial charge is 0.496 e. The van der Waals surface area contributed by atoms with Crippen LogP contribution in [0.1, 0.15) is 16.1 Å². The number of carbonyl (C=O) groups is 1. The van der Waals surface area contributed by atoms with E-state index in [1.54, 1.807) is 7.11 Å². The van der Waals surface area contributed by atoms with E-state index >= 15 is 0 Å². The summed E-state index contributed by atoms with van der Waals surface area (Å²) in [6.45, 7) is 0.0872. The summed E-state index contributed by atoms with van der Waals surface area (Å²) in [7, 11) is 1.63. The number of methoxy groups -OCH3 is 1. The fourth-order valence-electron chi connectivity index (χ4n) is 2.80. The number of thiazole rings is 1. The first-order valence-electron chi connectivity index (χ1n) is 8.60. The Morgan fingerprint density at radius 2 is 1.89 bits per heavy atom. The van der Waals surface area contributed by atoms with E-state index in [-0.39, 0.29) is 6.61 Å². The molecule has 0 aliphatic heterocycles. The summed E-state index contributed by atoms with van der Waals surface area (Å²) in [6.07, 6.45) is 1.48. The van der Waals surface area contributed by atoms with Gasteiger partial charge in [-0.05, 0) is 12.1 Å². The van der Waals surface area contributed by atoms with Crippen LogP contribution in [-0.2, 0) is 11.3 Å². The van der Waals surface area contributed by atoms with Crippen LogP contribution in [0.2, 0.25) is 0 Å². The minimum Gasteiger partial charge on any atom is -0.496 e. The zero-order valence-electron chi connectivity index (χ0n) is 15.1. The molecule has 0 bridgehead atoms. The summed E-state index contributed by atoms with van der Waals surface area (Å²) in [6, 6.07) is 17.2. The highest BCUT2D eigenvalue weighted by atomic mass is 32.1. The first-order chi connectivity index (χ1) is 13.8. The lowest BCUT2D eigenvalue weighted by atomic mass is 10.1. The molecule has 2 aromatic heterocycles. The minimum absolute atomic E-state index is 0.0872. The Bertz CT molecular complexity index is 1090. The fraction of sp³-hybridized carbons (Fsp3) is 0.0952. The Balaban J connectivity index is 1.47. The predicted octanol–water partition coefficient (Wildman–Crippen LogP) is 4.57. The standard InChI is InChI=1S/C21H17N3O3S/c1-26-18-10-6-5-9-16(18)20-23-15(13-28-20)12-27-21(25)17-11-22-24-19(17)14-7-3-2-4-8-14/h2-11,13H,12H2,1H3,(H,22,24). The third-order valence-electron chi connectivity index (χ3n) is 4.16. The lowest BCUT2D eigenvalue weighted by molar-refractivity contribution is 0.0469. The van der Waals surface area contributed by atoms with Crippen LogP contribution < -0.4 is 4.74 Å². The van der Waals surface area contributed by atoms with Crippen LogP contribution in [0, 0.1) is 0 Å². The molecule has 0 atom stereocenters. The van der Waals surface area contributed by atoms with Gasteiger partial charge in [0.25, 0.3) is 0 Å². The SMILES string of the molecule is COc1ccccc1-c1nc(COC(=O)c2cn[nH]c2-c2ccccc2)cs1. The monoisotopic (exact) mass is 391 g/mol. The lowest BCUT2D eigenvalue weighted by Crippen LogP contribution is -2.06. The Labute approximate surface area is 165 Å². The molecule has 0 saturated carbocycles. The maximum Gasteiger partial charge on any atom is 0.342 e. The van der Waals surface area contributed by atoms with Crippen LogP contribution in [0.3, 0.4) is 0 Å². The maximum atomic E-state index is 12.5. The van der Waals surface area contributed by atoms with E-state index in [2.05, 4.69) is 15.2 Å². The van der Waals surface area contributed by atoms with E-state index in [0.717, 1.165) is 21.9 Å². The summed E-state index contributed by atoms with van der Waals surface area (Å²) >= 11 is 1.48. The van der Waals surface area contributed by atoms with Crippen molar-refractivity contribution >= 4 is 17.3 Å². The molecule has 0 amide bonds. The van der Waals surface area contributed by atoms with Crippen molar-refractivity contribution in [1.29, 1.82) is 0 Å². The van der Waals surface area contributed by atoms with Gasteiger partial charge in [0, 0.05) is 10.9 Å². The molecule has 1 N–H and O–H groups in total. The number of aromatic amines is 1. The van der Waals surface area contributed by atoms with Crippen molar-refractivity contribution in [2.45, 2.75) is 6.61 Å². The molecule has 4 rings (SSSR count). The number of ether oxygens (including phenoxy) is 2. The van der Waals surface area contributed by atoms with E-state index < -0.39 is 5.97 Å². The molecule has 140 valence electrons. The summed E-state index contributed by atoms with van der Waals surface area (Å²) in [5.41, 5.74) is 3.50. The first kappa shape index (κ1) is 17.9. The molecule has 0 aliphatic carbocycles. The van der Waals surface area contributed by atoms with E-state index in [4.69, 9.17) is 9.47 Å². The number of para-hydroxylation sites is 1. The highest BCUT2D eigenvalue weighted by Crippen LogP contribution is 2.32. The molecule has 0 saturated heterocycles. The third-order valence-corrected chi connectivity index (χ3v) is 5.09. The van der Waals surface area contributed by atoms with E-state index in [1.807, 2.05) is 60.0 Å². The number of H-pyrrole nitrogens is 1. The molecule has 6 nitrogen and oxygen atoms in total. The third kappa shape index (κ3) is 3.65. The smallest absolute Gasteiger partial charge is 0.342 e. The second kappa shape index (κ2) is 8.06. The molecule has 0 spiro atoms. The van der Waals surface area contributed by atoms with Gasteiger partial charge in [-0.3, -0.25) is 5.10 Å². The number of rotatable bonds is 6. The van der Waals surface area contributed by atoms with Gasteiger partial charge in [-0.25, -0.2) is 9.78 Å². The van der Waals surface area contributed by atoms with Crippen LogP contribution in [0.4, 0.5) is 0 Å². The highest BCUT2D eigenvalue weighted by molar-refractivity contribution is 7.13. The van der Waals surface area contributed by atoms with Gasteiger partial charge in [0.2, 0.25) is 0 Å². The highest BCUT2D eigenvalue weighted by Gasteiger charge is 2.17. The first-order valence-corrected chi connectivity index (χ1v) is 9.48. The van der Waals surface area contributed by atoms with E-state index in [0.29, 0.717) is 17.0 Å². The number of hydrogen-bond acceptors (Lipinski definition) is 6. The van der Waals surface area contributed by atoms with Gasteiger partial charge in [-0.15, -0.1) is 11.3 Å². The minimum atomic E-state index is -0.445. The molecule has 0 aliphatic rings. The number of carbonyl (C=O) groups excluding carboxylic acids is 1. The van der Waals surface area contributed by atoms with Gasteiger partial charge >= 0.3 is 5.97 Å². The Morgan fingerprint density at radius 3 is 2.71 bits per heavy atom. The van der Waals surface area contributed by atoms with Crippen LogP contribution >= 0.6 is 11.3 Å². The molecular formula is C21H17N3O3S. The second-order valence-electron chi connectivity index (χ2n) is 5.95. The van der Waals surface area contributed by atoms with Gasteiger partial charge in [0.05, 0.1) is 30.3 Å². The number of benzene rings is 2. The fourth-order valence-corrected chi connectivity index (χ4v) is 3.64. The lowest BCUT2D eigenvalue weighted by Gasteiger charge is -2.05. The number of nitrogens with one attached hydrogen (secondary N) is 1. The van der Waals surface area contributed by atoms with Crippen LogP contribution in [0.5, 0.6) is 5.75 Å². The van der Waals surface area contributed by atoms with Crippen molar-refractivity contribution in [1.82, 2.24) is 15.2 Å². The average molecular weight is 391 g/mol. The average Bonchev–Trinajstić information content (AvgIpc) is 3.42. The van der Waals surface area contributed by atoms with Crippen molar-refractivity contribution in [2.75, 3.05) is 7.11 Å². The Hall–Kier alpha value is -3.45. The van der Waals surface area contributed by atoms with E-state index in [9.17, 15) is 4.79 Å². The van der Waals surface area contributed by atoms with Crippen LogP contribution in [0.15, 0.2) is 66.2 Å². The molecule has 0 radical (unpaired) electrons. The van der Waals surface area contributed by atoms with Gasteiger partial charge in [0.15, 0.2) is 0 Å². The van der Waals surface area contributed by atoms with Crippen molar-refractivity contribution in [2.24, 2.45) is 0 Å². The molecular weight excluding hydrogens is 374 g/mol. The summed E-state index contributed by atoms with van der Waals surface area (Å²) < 4.78 is 10.8. The normalized spacial score (nSPS) is 10.6. The summed E-state index contributed by atoms with van der Waals surface area (Å²) in [5.74, 6) is 0.311. The molecule has 4 aromatic rings. The number of esters is 1. The van der Waals surface area contributed by atoms with Crippen molar-refractivity contribution in [3.63, 3.8) is 0 Å². The zero-order chi connectivity index (χ0) is 19.3. The topological polar surface area (TPSA) is 77.1 Å². The molecule has 28 heavy (non-hydrogen) atoms. The van der Waals surface area contributed by atoms with Crippen LogP contribution in [0.25, 0.3) is 21.8 Å². The Morgan fingerprint density at radius 1 is 1.11 bits per heavy atom. The molecule has 7 heteroatoms. The number of nitrogens with zero attached hydrogens (tertiary/aromatic N) is 2. The van der Waals surface area contributed by atoms with Gasteiger partial charge in [-0.2, -0.15) is 5.10 Å². The number of hydrogen-bond donors (Lipinski definition) is 1. The molecule has 0 fully saturated rings. The summed E-state index contributed by atoms with van der Waals surface area (Å²) in [4.78, 5) is 17.1. The second-order valence-corrected chi connectivity index (χ2v) is 6.80. The molecule has 2 heterocycles. The van der Waals surface area contributed by atoms with Gasteiger partial charge in [0.1, 0.15) is 22.9 Å². The maximum absolute atomic E-state index is 12.5. The van der Waals surface area contributed by atoms with E-state index in [1.165, 1.54) is 17.5 Å². The van der Waals surface area contributed by atoms with Crippen LogP contribution in [-0.4, -0.2) is 28.3 Å².